The molecule has 3 aliphatic rings. The number of likely N-dealkylation sites (tertiary alicyclic amines) is 1. The highest BCUT2D eigenvalue weighted by Crippen LogP contribution is 2.43. The van der Waals surface area contributed by atoms with Crippen molar-refractivity contribution in [3.05, 3.63) is 24.3 Å². The quantitative estimate of drug-likeness (QED) is 0.247. The molecule has 4 rings (SSSR count). The Morgan fingerprint density at radius 2 is 1.57 bits per heavy atom. The third-order valence-corrected chi connectivity index (χ3v) is 9.39. The number of fused-ring (bicyclic) bond motifs is 1. The second kappa shape index (κ2) is 14.5. The third kappa shape index (κ3) is 8.72. The SMILES string of the molecule is CCCC(NC(=O)[C@@H]1[C@H]2CCC[C@H]2CN1C(=O)[C@H](NC(=O)[C@H](NC(=O)c1cnccn1)C(C)(C)C)C(C)(C)C)C(=O)C(=O)NC1CC1. The smallest absolute Gasteiger partial charge is 0.289 e. The second-order valence-corrected chi connectivity index (χ2v) is 15.4. The van der Waals surface area contributed by atoms with Crippen molar-refractivity contribution in [2.24, 2.45) is 22.7 Å². The molecule has 258 valence electrons. The first kappa shape index (κ1) is 35.9. The summed E-state index contributed by atoms with van der Waals surface area (Å²) < 4.78 is 0. The predicted octanol–water partition coefficient (Wildman–Crippen LogP) is 1.91. The number of carbonyl (C=O) groups is 6. The Bertz CT molecular complexity index is 1350. The van der Waals surface area contributed by atoms with E-state index in [9.17, 15) is 28.8 Å². The first-order chi connectivity index (χ1) is 22.0. The summed E-state index contributed by atoms with van der Waals surface area (Å²) >= 11 is 0. The van der Waals surface area contributed by atoms with Crippen molar-refractivity contribution >= 4 is 35.3 Å². The van der Waals surface area contributed by atoms with E-state index < -0.39 is 70.3 Å². The van der Waals surface area contributed by atoms with Crippen LogP contribution in [-0.2, 0) is 24.0 Å². The summed E-state index contributed by atoms with van der Waals surface area (Å²) in [6, 6.07) is -3.87. The fourth-order valence-electron chi connectivity index (χ4n) is 6.66. The van der Waals surface area contributed by atoms with E-state index in [0.717, 1.165) is 32.1 Å². The highest BCUT2D eigenvalue weighted by Gasteiger charge is 2.52. The Hall–Kier alpha value is -3.90. The molecule has 4 N–H and O–H groups in total. The molecular formula is C34H51N7O6. The van der Waals surface area contributed by atoms with Crippen molar-refractivity contribution in [3.8, 4) is 0 Å². The largest absolute Gasteiger partial charge is 0.347 e. The van der Waals surface area contributed by atoms with Gasteiger partial charge in [-0.2, -0.15) is 0 Å². The fraction of sp³-hybridized carbons (Fsp3) is 0.706. The van der Waals surface area contributed by atoms with E-state index in [2.05, 4.69) is 31.2 Å². The molecule has 2 aliphatic carbocycles. The molecule has 0 aromatic carbocycles. The second-order valence-electron chi connectivity index (χ2n) is 15.4. The Labute approximate surface area is 277 Å². The summed E-state index contributed by atoms with van der Waals surface area (Å²) in [5.41, 5.74) is -1.43. The van der Waals surface area contributed by atoms with E-state index in [-0.39, 0.29) is 23.6 Å². The van der Waals surface area contributed by atoms with Gasteiger partial charge in [0.15, 0.2) is 0 Å². The minimum absolute atomic E-state index is 0.00868. The Kier molecular flexibility index (Phi) is 11.1. The lowest BCUT2D eigenvalue weighted by Crippen LogP contribution is -2.63. The first-order valence-corrected chi connectivity index (χ1v) is 16.9. The standard InChI is InChI=1S/C34H51N7O6/c1-8-10-22(25(42)30(45)37-20-13-14-20)38-29(44)24-21-12-9-11-19(21)18-41(24)32(47)27(34(5,6)7)40-31(46)26(33(2,3)4)39-28(43)23-17-35-15-16-36-23/h15-17,19-22,24,26-27H,8-14,18H2,1-7H3,(H,37,45)(H,38,44)(H,39,43)(H,40,46)/t19-,21-,22?,24-,26-,27-/m0/s1. The van der Waals surface area contributed by atoms with Gasteiger partial charge in [0, 0.05) is 25.0 Å². The lowest BCUT2D eigenvalue weighted by atomic mass is 9.82. The lowest BCUT2D eigenvalue weighted by Gasteiger charge is -2.38. The molecule has 1 unspecified atom stereocenters. The number of rotatable bonds is 12. The molecular weight excluding hydrogens is 602 g/mol. The van der Waals surface area contributed by atoms with E-state index >= 15 is 0 Å². The van der Waals surface area contributed by atoms with Crippen LogP contribution in [0.3, 0.4) is 0 Å². The molecule has 5 amide bonds. The van der Waals surface area contributed by atoms with E-state index in [0.29, 0.717) is 19.4 Å². The molecule has 2 saturated carbocycles. The molecule has 2 heterocycles. The maximum absolute atomic E-state index is 14.5. The van der Waals surface area contributed by atoms with Gasteiger partial charge in [-0.05, 0) is 54.8 Å². The lowest BCUT2D eigenvalue weighted by molar-refractivity contribution is -0.146. The summed E-state index contributed by atoms with van der Waals surface area (Å²) in [6.45, 7) is 13.2. The highest BCUT2D eigenvalue weighted by molar-refractivity contribution is 6.38. The number of Topliss-reactive ketones (excluding diaryl/α,β-unsaturated/α-hetero) is 1. The molecule has 0 bridgehead atoms. The van der Waals surface area contributed by atoms with Crippen LogP contribution in [0.4, 0.5) is 0 Å². The van der Waals surface area contributed by atoms with Crippen LogP contribution in [-0.4, -0.2) is 86.9 Å². The molecule has 47 heavy (non-hydrogen) atoms. The zero-order valence-corrected chi connectivity index (χ0v) is 28.7. The molecule has 1 aliphatic heterocycles. The fourth-order valence-corrected chi connectivity index (χ4v) is 6.66. The van der Waals surface area contributed by atoms with Crippen molar-refractivity contribution < 1.29 is 28.8 Å². The number of amides is 5. The van der Waals surface area contributed by atoms with Gasteiger partial charge >= 0.3 is 0 Å². The number of hydrogen-bond acceptors (Lipinski definition) is 8. The van der Waals surface area contributed by atoms with Crippen LogP contribution in [0.15, 0.2) is 18.6 Å². The van der Waals surface area contributed by atoms with E-state index in [1.807, 2.05) is 48.5 Å². The van der Waals surface area contributed by atoms with Crippen molar-refractivity contribution in [2.45, 2.75) is 124 Å². The van der Waals surface area contributed by atoms with Crippen LogP contribution in [0.5, 0.6) is 0 Å². The number of nitrogens with zero attached hydrogens (tertiary/aromatic N) is 3. The predicted molar refractivity (Wildman–Crippen MR) is 173 cm³/mol. The van der Waals surface area contributed by atoms with Gasteiger partial charge in [0.25, 0.3) is 11.8 Å². The van der Waals surface area contributed by atoms with Crippen LogP contribution >= 0.6 is 0 Å². The molecule has 0 spiro atoms. The summed E-state index contributed by atoms with van der Waals surface area (Å²) in [5, 5.41) is 11.2. The van der Waals surface area contributed by atoms with Gasteiger partial charge < -0.3 is 26.2 Å². The van der Waals surface area contributed by atoms with Crippen molar-refractivity contribution in [2.75, 3.05) is 6.54 Å². The molecule has 1 aromatic heterocycles. The minimum atomic E-state index is -1.03. The van der Waals surface area contributed by atoms with Crippen LogP contribution < -0.4 is 21.3 Å². The third-order valence-electron chi connectivity index (χ3n) is 9.39. The number of hydrogen-bond donors (Lipinski definition) is 4. The van der Waals surface area contributed by atoms with Crippen LogP contribution in [0.25, 0.3) is 0 Å². The molecule has 6 atom stereocenters. The Morgan fingerprint density at radius 1 is 0.894 bits per heavy atom. The molecule has 1 saturated heterocycles. The molecule has 13 heteroatoms. The summed E-state index contributed by atoms with van der Waals surface area (Å²) in [5.74, 6) is -3.34. The zero-order valence-electron chi connectivity index (χ0n) is 28.7. The number of aromatic nitrogens is 2. The monoisotopic (exact) mass is 653 g/mol. The van der Waals surface area contributed by atoms with Crippen LogP contribution in [0.2, 0.25) is 0 Å². The van der Waals surface area contributed by atoms with Gasteiger partial charge in [-0.1, -0.05) is 61.3 Å². The Morgan fingerprint density at radius 3 is 2.15 bits per heavy atom. The van der Waals surface area contributed by atoms with E-state index in [1.165, 1.54) is 18.6 Å². The van der Waals surface area contributed by atoms with Gasteiger partial charge in [0.1, 0.15) is 23.8 Å². The normalized spacial score (nSPS) is 22.8. The molecule has 3 fully saturated rings. The average Bonchev–Trinajstić information content (AvgIpc) is 3.57. The molecule has 13 nitrogen and oxygen atoms in total. The topological polar surface area (TPSA) is 180 Å². The molecule has 0 radical (unpaired) electrons. The minimum Gasteiger partial charge on any atom is -0.347 e. The van der Waals surface area contributed by atoms with Gasteiger partial charge in [0.05, 0.1) is 12.2 Å². The van der Waals surface area contributed by atoms with E-state index in [4.69, 9.17) is 0 Å². The summed E-state index contributed by atoms with van der Waals surface area (Å²) in [4.78, 5) is 90.5. The van der Waals surface area contributed by atoms with Crippen molar-refractivity contribution in [1.82, 2.24) is 36.1 Å². The summed E-state index contributed by atoms with van der Waals surface area (Å²) in [7, 11) is 0. The highest BCUT2D eigenvalue weighted by atomic mass is 16.2. The average molecular weight is 654 g/mol. The summed E-state index contributed by atoms with van der Waals surface area (Å²) in [6.07, 6.45) is 9.24. The number of ketones is 1. The number of carbonyl (C=O) groups excluding carboxylic acids is 6. The Balaban J connectivity index is 1.55. The zero-order chi connectivity index (χ0) is 34.7. The van der Waals surface area contributed by atoms with Crippen molar-refractivity contribution in [3.63, 3.8) is 0 Å². The van der Waals surface area contributed by atoms with E-state index in [1.54, 1.807) is 4.90 Å². The van der Waals surface area contributed by atoms with Gasteiger partial charge in [-0.15, -0.1) is 0 Å². The van der Waals surface area contributed by atoms with Gasteiger partial charge in [-0.3, -0.25) is 33.8 Å². The van der Waals surface area contributed by atoms with Crippen molar-refractivity contribution in [1.29, 1.82) is 0 Å². The van der Waals surface area contributed by atoms with Gasteiger partial charge in [-0.25, -0.2) is 4.98 Å². The van der Waals surface area contributed by atoms with Gasteiger partial charge in [0.2, 0.25) is 23.5 Å². The maximum atomic E-state index is 14.5. The number of nitrogens with one attached hydrogen (secondary N) is 4. The maximum Gasteiger partial charge on any atom is 0.289 e. The van der Waals surface area contributed by atoms with Crippen LogP contribution in [0, 0.1) is 22.7 Å². The molecule has 1 aromatic rings. The first-order valence-electron chi connectivity index (χ1n) is 16.9. The van der Waals surface area contributed by atoms with Crippen LogP contribution in [0.1, 0.15) is 104 Å².